The van der Waals surface area contributed by atoms with Gasteiger partial charge >= 0.3 is 17.9 Å². The molecule has 0 bridgehead atoms. The molecule has 0 aromatic heterocycles. The summed E-state index contributed by atoms with van der Waals surface area (Å²) in [6, 6.07) is 0. The molecule has 0 radical (unpaired) electrons. The summed E-state index contributed by atoms with van der Waals surface area (Å²) in [5.41, 5.74) is 0. The Labute approximate surface area is 434 Å². The fraction of sp³-hybridized carbons (Fsp3) is 0.797. The maximum Gasteiger partial charge on any atom is 0.306 e. The van der Waals surface area contributed by atoms with Gasteiger partial charge in [0.05, 0.1) is 0 Å². The van der Waals surface area contributed by atoms with Crippen molar-refractivity contribution in [3.05, 3.63) is 60.8 Å². The quantitative estimate of drug-likeness (QED) is 0.0261. The van der Waals surface area contributed by atoms with Crippen molar-refractivity contribution >= 4 is 17.9 Å². The van der Waals surface area contributed by atoms with Crippen LogP contribution in [0.4, 0.5) is 0 Å². The number of esters is 3. The molecular formula is C64H114O6. The molecule has 0 aromatic carbocycles. The van der Waals surface area contributed by atoms with Crippen molar-refractivity contribution in [1.29, 1.82) is 0 Å². The number of rotatable bonds is 55. The Balaban J connectivity index is 4.38. The molecule has 0 aliphatic rings. The molecule has 0 N–H and O–H groups in total. The Morgan fingerprint density at radius 3 is 0.857 bits per heavy atom. The van der Waals surface area contributed by atoms with E-state index in [4.69, 9.17) is 14.2 Å². The van der Waals surface area contributed by atoms with Crippen molar-refractivity contribution in [2.24, 2.45) is 0 Å². The third-order valence-corrected chi connectivity index (χ3v) is 13.3. The lowest BCUT2D eigenvalue weighted by Crippen LogP contribution is -2.30. The normalized spacial score (nSPS) is 12.4. The first kappa shape index (κ1) is 67.1. The third-order valence-electron chi connectivity index (χ3n) is 13.3. The Kier molecular flexibility index (Phi) is 56.3. The van der Waals surface area contributed by atoms with Gasteiger partial charge in [-0.3, -0.25) is 14.4 Å². The van der Waals surface area contributed by atoms with Crippen molar-refractivity contribution in [2.45, 2.75) is 316 Å². The zero-order chi connectivity index (χ0) is 50.7. The fourth-order valence-electron chi connectivity index (χ4n) is 8.78. The van der Waals surface area contributed by atoms with Crippen molar-refractivity contribution < 1.29 is 28.6 Å². The van der Waals surface area contributed by atoms with Crippen LogP contribution in [0.1, 0.15) is 310 Å². The number of hydrogen-bond acceptors (Lipinski definition) is 6. The van der Waals surface area contributed by atoms with E-state index in [-0.39, 0.29) is 37.5 Å². The van der Waals surface area contributed by atoms with Gasteiger partial charge < -0.3 is 14.2 Å². The Morgan fingerprint density at radius 2 is 0.557 bits per heavy atom. The van der Waals surface area contributed by atoms with Gasteiger partial charge in [0.1, 0.15) is 13.2 Å². The molecule has 0 saturated heterocycles. The predicted molar refractivity (Wildman–Crippen MR) is 302 cm³/mol. The number of carbonyl (C=O) groups is 3. The summed E-state index contributed by atoms with van der Waals surface area (Å²) in [7, 11) is 0. The summed E-state index contributed by atoms with van der Waals surface area (Å²) in [5, 5.41) is 0. The van der Waals surface area contributed by atoms with Crippen LogP contribution in [0.2, 0.25) is 0 Å². The molecule has 0 amide bonds. The lowest BCUT2D eigenvalue weighted by Gasteiger charge is -2.18. The molecule has 1 unspecified atom stereocenters. The van der Waals surface area contributed by atoms with Crippen LogP contribution >= 0.6 is 0 Å². The monoisotopic (exact) mass is 979 g/mol. The van der Waals surface area contributed by atoms with E-state index in [0.717, 1.165) is 77.0 Å². The average molecular weight is 980 g/mol. The van der Waals surface area contributed by atoms with Gasteiger partial charge in [-0.15, -0.1) is 0 Å². The van der Waals surface area contributed by atoms with Gasteiger partial charge in [-0.1, -0.05) is 293 Å². The maximum atomic E-state index is 12.8. The van der Waals surface area contributed by atoms with E-state index in [2.05, 4.69) is 81.5 Å². The Morgan fingerprint density at radius 1 is 0.300 bits per heavy atom. The SMILES string of the molecule is CC/C=C\C/C=C\C/C=C\C/C=C\C/C=C\CCCC(=O)OC(COC(=O)CCCCCCCCCCCCCCCC)COC(=O)CCCCCCCCCCCCCCCCCCCCCCC. The number of allylic oxidation sites excluding steroid dienone is 10. The summed E-state index contributed by atoms with van der Waals surface area (Å²) in [4.78, 5) is 38.2. The highest BCUT2D eigenvalue weighted by Crippen LogP contribution is 2.17. The molecule has 0 heterocycles. The molecule has 0 spiro atoms. The smallest absolute Gasteiger partial charge is 0.306 e. The van der Waals surface area contributed by atoms with Gasteiger partial charge in [0, 0.05) is 19.3 Å². The van der Waals surface area contributed by atoms with Crippen molar-refractivity contribution in [2.75, 3.05) is 13.2 Å². The first-order valence-corrected chi connectivity index (χ1v) is 30.3. The largest absolute Gasteiger partial charge is 0.462 e. The van der Waals surface area contributed by atoms with Crippen molar-refractivity contribution in [1.82, 2.24) is 0 Å². The predicted octanol–water partition coefficient (Wildman–Crippen LogP) is 20.4. The zero-order valence-electron chi connectivity index (χ0n) is 46.5. The van der Waals surface area contributed by atoms with E-state index in [1.54, 1.807) is 0 Å². The highest BCUT2D eigenvalue weighted by molar-refractivity contribution is 5.71. The Hall–Kier alpha value is -2.89. The maximum absolute atomic E-state index is 12.8. The first-order chi connectivity index (χ1) is 34.5. The molecule has 6 nitrogen and oxygen atoms in total. The molecule has 0 saturated carbocycles. The minimum absolute atomic E-state index is 0.0925. The van der Waals surface area contributed by atoms with E-state index in [0.29, 0.717) is 19.3 Å². The van der Waals surface area contributed by atoms with Crippen LogP contribution in [-0.4, -0.2) is 37.2 Å². The van der Waals surface area contributed by atoms with Gasteiger partial charge in [0.15, 0.2) is 6.10 Å². The van der Waals surface area contributed by atoms with Crippen LogP contribution < -0.4 is 0 Å². The van der Waals surface area contributed by atoms with Crippen LogP contribution in [0, 0.1) is 0 Å². The fourth-order valence-corrected chi connectivity index (χ4v) is 8.78. The molecule has 406 valence electrons. The standard InChI is InChI=1S/C64H114O6/c1-4-7-10-13-16-19-22-25-28-30-31-32-33-35-36-39-42-45-48-51-54-57-63(66)69-60-61(59-68-62(65)56-53-50-47-44-41-38-27-24-21-18-15-12-9-6-3)70-64(67)58-55-52-49-46-43-40-37-34-29-26-23-20-17-14-11-8-5-2/h8,11,17,20,26,29,37,40,46,49,61H,4-7,9-10,12-16,18-19,21-25,27-28,30-36,38-39,41-45,47-48,50-60H2,1-3H3/b11-8-,20-17-,29-26-,40-37-,49-46-. The third kappa shape index (κ3) is 56.0. The molecule has 0 aliphatic heterocycles. The minimum Gasteiger partial charge on any atom is -0.462 e. The van der Waals surface area contributed by atoms with Gasteiger partial charge in [-0.05, 0) is 57.8 Å². The van der Waals surface area contributed by atoms with E-state index in [9.17, 15) is 14.4 Å². The summed E-state index contributed by atoms with van der Waals surface area (Å²) in [6.07, 6.45) is 73.7. The summed E-state index contributed by atoms with van der Waals surface area (Å²) in [6.45, 7) is 6.52. The number of carbonyl (C=O) groups excluding carboxylic acids is 3. The molecule has 0 aliphatic carbocycles. The van der Waals surface area contributed by atoms with Crippen LogP contribution in [0.3, 0.4) is 0 Å². The van der Waals surface area contributed by atoms with Gasteiger partial charge in [0.25, 0.3) is 0 Å². The van der Waals surface area contributed by atoms with Crippen LogP contribution in [0.5, 0.6) is 0 Å². The van der Waals surface area contributed by atoms with E-state index < -0.39 is 6.10 Å². The number of unbranched alkanes of at least 4 members (excludes halogenated alkanes) is 34. The van der Waals surface area contributed by atoms with E-state index >= 15 is 0 Å². The second kappa shape index (κ2) is 58.7. The highest BCUT2D eigenvalue weighted by atomic mass is 16.6. The van der Waals surface area contributed by atoms with E-state index in [1.165, 1.54) is 186 Å². The molecule has 6 heteroatoms. The molecule has 70 heavy (non-hydrogen) atoms. The van der Waals surface area contributed by atoms with Crippen molar-refractivity contribution in [3.63, 3.8) is 0 Å². The minimum atomic E-state index is -0.801. The molecule has 0 aromatic rings. The first-order valence-electron chi connectivity index (χ1n) is 30.3. The van der Waals surface area contributed by atoms with Crippen LogP contribution in [0.25, 0.3) is 0 Å². The topological polar surface area (TPSA) is 78.9 Å². The van der Waals surface area contributed by atoms with E-state index in [1.807, 2.05) is 0 Å². The second-order valence-electron chi connectivity index (χ2n) is 20.2. The van der Waals surface area contributed by atoms with Crippen LogP contribution in [0.15, 0.2) is 60.8 Å². The molecule has 0 rings (SSSR count). The number of hydrogen-bond donors (Lipinski definition) is 0. The molecular weight excluding hydrogens is 865 g/mol. The van der Waals surface area contributed by atoms with Gasteiger partial charge in [-0.25, -0.2) is 0 Å². The molecule has 0 fully saturated rings. The summed E-state index contributed by atoms with van der Waals surface area (Å²) < 4.78 is 16.8. The van der Waals surface area contributed by atoms with Crippen molar-refractivity contribution in [3.8, 4) is 0 Å². The lowest BCUT2D eigenvalue weighted by atomic mass is 10.0. The Bertz CT molecular complexity index is 1260. The van der Waals surface area contributed by atoms with Crippen LogP contribution in [-0.2, 0) is 28.6 Å². The highest BCUT2D eigenvalue weighted by Gasteiger charge is 2.19. The second-order valence-corrected chi connectivity index (χ2v) is 20.2. The zero-order valence-corrected chi connectivity index (χ0v) is 46.5. The molecule has 1 atom stereocenters. The number of ether oxygens (including phenoxy) is 3. The average Bonchev–Trinajstić information content (AvgIpc) is 3.36. The summed E-state index contributed by atoms with van der Waals surface area (Å²) >= 11 is 0. The van der Waals surface area contributed by atoms with Gasteiger partial charge in [-0.2, -0.15) is 0 Å². The summed E-state index contributed by atoms with van der Waals surface area (Å²) in [5.74, 6) is -0.934. The van der Waals surface area contributed by atoms with Gasteiger partial charge in [0.2, 0.25) is 0 Å². The lowest BCUT2D eigenvalue weighted by molar-refractivity contribution is -0.167.